The number of carbonyl (C=O) groups is 1. The van der Waals surface area contributed by atoms with Crippen LogP contribution >= 0.6 is 0 Å². The summed E-state index contributed by atoms with van der Waals surface area (Å²) in [5, 5.41) is 23.7. The van der Waals surface area contributed by atoms with Crippen molar-refractivity contribution < 1.29 is 44.8 Å². The summed E-state index contributed by atoms with van der Waals surface area (Å²) in [5.41, 5.74) is 0. The molecule has 0 rings (SSSR count). The molecule has 0 bridgehead atoms. The van der Waals surface area contributed by atoms with Crippen LogP contribution in [0.1, 0.15) is 1.43 Å². The summed E-state index contributed by atoms with van der Waals surface area (Å²) in [4.78, 5) is 9.51. The smallest absolute Gasteiger partial charge is 1.00 e. The number of carboxylic acids is 1. The Morgan fingerprint density at radius 2 is 2.00 bits per heavy atom. The van der Waals surface area contributed by atoms with Gasteiger partial charge in [0.25, 0.3) is 5.79 Å². The molecule has 6 heteroatoms. The third kappa shape index (κ3) is 3.49. The van der Waals surface area contributed by atoms with Gasteiger partial charge in [-0.3, -0.25) is 0 Å². The molecular weight excluding hydrogens is 126 g/mol. The van der Waals surface area contributed by atoms with Crippen LogP contribution in [-0.2, 0) is 4.79 Å². The third-order valence-electron chi connectivity index (χ3n) is 0.529. The van der Waals surface area contributed by atoms with Crippen molar-refractivity contribution in [2.75, 3.05) is 6.67 Å². The van der Waals surface area contributed by atoms with E-state index in [4.69, 9.17) is 15.3 Å². The molecule has 0 fully saturated rings. The topological polar surface area (TPSA) is 77.8 Å². The summed E-state index contributed by atoms with van der Waals surface area (Å²) in [7, 11) is 0. The van der Waals surface area contributed by atoms with Gasteiger partial charge in [0.2, 0.25) is 0 Å². The molecule has 0 aromatic rings. The summed E-state index contributed by atoms with van der Waals surface area (Å²) in [6.45, 7) is -1.71. The van der Waals surface area contributed by atoms with E-state index in [1.54, 1.807) is 0 Å². The van der Waals surface area contributed by atoms with E-state index in [9.17, 15) is 9.18 Å². The van der Waals surface area contributed by atoms with Crippen LogP contribution in [0.4, 0.5) is 4.39 Å². The van der Waals surface area contributed by atoms with Crippen molar-refractivity contribution in [2.45, 2.75) is 5.79 Å². The molecule has 0 spiro atoms. The first-order valence-corrected chi connectivity index (χ1v) is 1.75. The number of halogens is 1. The van der Waals surface area contributed by atoms with E-state index < -0.39 is 18.4 Å². The summed E-state index contributed by atoms with van der Waals surface area (Å²) in [6, 6.07) is 0. The molecule has 0 aliphatic carbocycles. The first kappa shape index (κ1) is 11.7. The second-order valence-corrected chi connectivity index (χ2v) is 1.26. The van der Waals surface area contributed by atoms with Gasteiger partial charge in [0.15, 0.2) is 6.67 Å². The Hall–Kier alpha value is -0.0826. The Morgan fingerprint density at radius 1 is 1.67 bits per heavy atom. The average molecular weight is 132 g/mol. The van der Waals surface area contributed by atoms with Crippen LogP contribution in [0.25, 0.3) is 0 Å². The Labute approximate surface area is 64.0 Å². The molecule has 0 aliphatic rings. The van der Waals surface area contributed by atoms with Crippen LogP contribution in [0.3, 0.4) is 0 Å². The molecule has 3 N–H and O–H groups in total. The standard InChI is InChI=1S/C3H5FO4.Li.H/c4-1-3(7,8)2(5)6;;/h7-8H,1H2,(H,5,6);;/q;+1;-1. The van der Waals surface area contributed by atoms with E-state index in [-0.39, 0.29) is 20.3 Å². The van der Waals surface area contributed by atoms with Crippen molar-refractivity contribution in [2.24, 2.45) is 0 Å². The summed E-state index contributed by atoms with van der Waals surface area (Å²) < 4.78 is 11.1. The van der Waals surface area contributed by atoms with E-state index in [0.717, 1.165) is 0 Å². The van der Waals surface area contributed by atoms with Gasteiger partial charge in [-0.2, -0.15) is 0 Å². The number of alkyl halides is 1. The minimum atomic E-state index is -3.21. The third-order valence-corrected chi connectivity index (χ3v) is 0.529. The number of hydrogen-bond acceptors (Lipinski definition) is 3. The van der Waals surface area contributed by atoms with Gasteiger partial charge in [-0.05, 0) is 0 Å². The molecule has 0 radical (unpaired) electrons. The van der Waals surface area contributed by atoms with Gasteiger partial charge in [0, 0.05) is 0 Å². The Balaban J connectivity index is -0.000000245. The largest absolute Gasteiger partial charge is 1.00 e. The van der Waals surface area contributed by atoms with Crippen LogP contribution < -0.4 is 18.9 Å². The predicted octanol–water partition coefficient (Wildman–Crippen LogP) is -4.16. The zero-order valence-electron chi connectivity index (χ0n) is 5.83. The Bertz CT molecular complexity index is 109. The van der Waals surface area contributed by atoms with Crippen molar-refractivity contribution in [1.29, 1.82) is 0 Å². The molecular formula is C3H6FLiO4. The van der Waals surface area contributed by atoms with E-state index >= 15 is 0 Å². The number of hydrogen-bond donors (Lipinski definition) is 3. The second kappa shape index (κ2) is 3.85. The van der Waals surface area contributed by atoms with Crippen LogP contribution in [0.15, 0.2) is 0 Å². The SMILES string of the molecule is O=C(O)C(O)(O)CF.[H-].[Li+]. The van der Waals surface area contributed by atoms with Gasteiger partial charge >= 0.3 is 24.8 Å². The van der Waals surface area contributed by atoms with Crippen LogP contribution in [0.5, 0.6) is 0 Å². The van der Waals surface area contributed by atoms with Gasteiger partial charge in [0.05, 0.1) is 0 Å². The number of carboxylic acid groups (broad SMARTS) is 1. The van der Waals surface area contributed by atoms with Crippen molar-refractivity contribution in [3.8, 4) is 0 Å². The zero-order chi connectivity index (χ0) is 6.78. The number of rotatable bonds is 2. The number of aliphatic hydroxyl groups is 2. The summed E-state index contributed by atoms with van der Waals surface area (Å²) >= 11 is 0. The van der Waals surface area contributed by atoms with Gasteiger partial charge in [0.1, 0.15) is 0 Å². The van der Waals surface area contributed by atoms with E-state index in [1.165, 1.54) is 0 Å². The van der Waals surface area contributed by atoms with Crippen molar-refractivity contribution in [1.82, 2.24) is 0 Å². The summed E-state index contributed by atoms with van der Waals surface area (Å²) in [6.07, 6.45) is 0. The first-order chi connectivity index (χ1) is 3.50. The molecule has 50 valence electrons. The van der Waals surface area contributed by atoms with Crippen LogP contribution in [0, 0.1) is 0 Å². The number of aliphatic carboxylic acids is 1. The predicted molar refractivity (Wildman–Crippen MR) is 21.9 cm³/mol. The Kier molecular flexibility index (Phi) is 5.00. The van der Waals surface area contributed by atoms with Crippen LogP contribution in [-0.4, -0.2) is 33.8 Å². The van der Waals surface area contributed by atoms with E-state index in [1.807, 2.05) is 0 Å². The maximum absolute atomic E-state index is 11.1. The van der Waals surface area contributed by atoms with Crippen LogP contribution in [0.2, 0.25) is 0 Å². The first-order valence-electron chi connectivity index (χ1n) is 1.75. The molecule has 0 amide bonds. The maximum atomic E-state index is 11.1. The van der Waals surface area contributed by atoms with E-state index in [0.29, 0.717) is 0 Å². The molecule has 0 aromatic heterocycles. The van der Waals surface area contributed by atoms with Gasteiger partial charge in [-0.1, -0.05) is 0 Å². The molecule has 0 saturated heterocycles. The normalized spacial score (nSPS) is 10.1. The quantitative estimate of drug-likeness (QED) is 0.263. The zero-order valence-corrected chi connectivity index (χ0v) is 4.83. The van der Waals surface area contributed by atoms with Crippen molar-refractivity contribution in [3.63, 3.8) is 0 Å². The van der Waals surface area contributed by atoms with Crippen molar-refractivity contribution >= 4 is 5.97 Å². The minimum Gasteiger partial charge on any atom is -1.00 e. The fraction of sp³-hybridized carbons (Fsp3) is 0.667. The minimum absolute atomic E-state index is 0. The fourth-order valence-electron chi connectivity index (χ4n) is 0.0572. The molecule has 0 saturated carbocycles. The monoisotopic (exact) mass is 132 g/mol. The summed E-state index contributed by atoms with van der Waals surface area (Å²) in [5.74, 6) is -5.19. The molecule has 0 atom stereocenters. The molecule has 0 aromatic carbocycles. The maximum Gasteiger partial charge on any atom is 1.00 e. The second-order valence-electron chi connectivity index (χ2n) is 1.26. The van der Waals surface area contributed by atoms with E-state index in [2.05, 4.69) is 0 Å². The van der Waals surface area contributed by atoms with Gasteiger partial charge in [-0.25, -0.2) is 9.18 Å². The average Bonchev–Trinajstić information content (AvgIpc) is 1.67. The molecule has 0 unspecified atom stereocenters. The molecule has 0 heterocycles. The fourth-order valence-corrected chi connectivity index (χ4v) is 0.0572. The van der Waals surface area contributed by atoms with Gasteiger partial charge < -0.3 is 16.7 Å². The molecule has 4 nitrogen and oxygen atoms in total. The van der Waals surface area contributed by atoms with Gasteiger partial charge in [-0.15, -0.1) is 0 Å². The molecule has 9 heavy (non-hydrogen) atoms. The molecule has 0 aliphatic heterocycles. The Morgan fingerprint density at radius 3 is 2.00 bits per heavy atom. The van der Waals surface area contributed by atoms with Crippen molar-refractivity contribution in [3.05, 3.63) is 0 Å².